The minimum absolute atomic E-state index is 1.30. The Bertz CT molecular complexity index is 184. The van der Waals surface area contributed by atoms with E-state index in [1.54, 1.807) is 11.1 Å². The summed E-state index contributed by atoms with van der Waals surface area (Å²) in [6.07, 6.45) is 12.9. The van der Waals surface area contributed by atoms with Crippen LogP contribution in [0.5, 0.6) is 0 Å². The zero-order chi connectivity index (χ0) is 6.81. The molecule has 0 N–H and O–H groups in total. The minimum Gasteiger partial charge on any atom is -0.0843 e. The van der Waals surface area contributed by atoms with Crippen molar-refractivity contribution in [3.8, 4) is 0 Å². The lowest BCUT2D eigenvalue weighted by Gasteiger charge is -1.97. The van der Waals surface area contributed by atoms with Gasteiger partial charge >= 0.3 is 0 Å². The van der Waals surface area contributed by atoms with Crippen LogP contribution in [-0.2, 0) is 0 Å². The van der Waals surface area contributed by atoms with Gasteiger partial charge in [-0.3, -0.25) is 0 Å². The third-order valence-corrected chi connectivity index (χ3v) is 2.55. The van der Waals surface area contributed by atoms with Crippen molar-refractivity contribution in [2.24, 2.45) is 0 Å². The maximum Gasteiger partial charge on any atom is -0.0276 e. The highest BCUT2D eigenvalue weighted by Gasteiger charge is 2.12. The molecule has 0 aliphatic heterocycles. The fourth-order valence-corrected chi connectivity index (χ4v) is 1.98. The molecule has 0 unspecified atom stereocenters. The third kappa shape index (κ3) is 1.03. The highest BCUT2D eigenvalue weighted by atomic mass is 14.2. The molecular weight excluding hydrogens is 120 g/mol. The molecule has 0 spiro atoms. The Morgan fingerprint density at radius 2 is 1.90 bits per heavy atom. The second-order valence-electron chi connectivity index (χ2n) is 3.28. The quantitative estimate of drug-likeness (QED) is 0.477. The second-order valence-corrected chi connectivity index (χ2v) is 3.28. The number of hydrogen-bond acceptors (Lipinski definition) is 0. The van der Waals surface area contributed by atoms with Gasteiger partial charge in [0.2, 0.25) is 0 Å². The van der Waals surface area contributed by atoms with Crippen LogP contribution >= 0.6 is 0 Å². The van der Waals surface area contributed by atoms with Crippen LogP contribution < -0.4 is 0 Å². The average molecular weight is 134 g/mol. The molecule has 0 atom stereocenters. The van der Waals surface area contributed by atoms with Crippen molar-refractivity contribution < 1.29 is 0 Å². The van der Waals surface area contributed by atoms with Crippen LogP contribution in [0.2, 0.25) is 0 Å². The van der Waals surface area contributed by atoms with Gasteiger partial charge in [-0.15, -0.1) is 0 Å². The molecule has 0 heterocycles. The molecule has 0 fully saturated rings. The number of allylic oxidation sites excluding steroid dienone is 4. The lowest BCUT2D eigenvalue weighted by atomic mass is 10.1. The Labute approximate surface area is 62.6 Å². The normalized spacial score (nSPS) is 24.8. The highest BCUT2D eigenvalue weighted by Crippen LogP contribution is 2.32. The van der Waals surface area contributed by atoms with Gasteiger partial charge in [-0.25, -0.2) is 0 Å². The van der Waals surface area contributed by atoms with Gasteiger partial charge in [0, 0.05) is 0 Å². The molecular formula is C10H14. The van der Waals surface area contributed by atoms with Crippen LogP contribution in [0, 0.1) is 0 Å². The van der Waals surface area contributed by atoms with Gasteiger partial charge in [0.05, 0.1) is 0 Å². The van der Waals surface area contributed by atoms with Gasteiger partial charge in [0.15, 0.2) is 0 Å². The predicted molar refractivity (Wildman–Crippen MR) is 43.9 cm³/mol. The van der Waals surface area contributed by atoms with E-state index in [-0.39, 0.29) is 0 Å². The van der Waals surface area contributed by atoms with E-state index in [2.05, 4.69) is 12.2 Å². The third-order valence-electron chi connectivity index (χ3n) is 2.55. The van der Waals surface area contributed by atoms with E-state index in [0.717, 1.165) is 0 Å². The number of rotatable bonds is 0. The summed E-state index contributed by atoms with van der Waals surface area (Å²) in [5.41, 5.74) is 3.42. The van der Waals surface area contributed by atoms with E-state index in [4.69, 9.17) is 0 Å². The van der Waals surface area contributed by atoms with Crippen LogP contribution in [-0.4, -0.2) is 0 Å². The summed E-state index contributed by atoms with van der Waals surface area (Å²) in [4.78, 5) is 0. The van der Waals surface area contributed by atoms with Crippen LogP contribution in [0.4, 0.5) is 0 Å². The monoisotopic (exact) mass is 134 g/mol. The summed E-state index contributed by atoms with van der Waals surface area (Å²) >= 11 is 0. The van der Waals surface area contributed by atoms with Crippen LogP contribution in [0.15, 0.2) is 23.3 Å². The minimum atomic E-state index is 1.30. The molecule has 0 aromatic rings. The molecule has 0 saturated carbocycles. The van der Waals surface area contributed by atoms with Crippen molar-refractivity contribution in [3.05, 3.63) is 23.3 Å². The van der Waals surface area contributed by atoms with E-state index < -0.39 is 0 Å². The molecule has 0 saturated heterocycles. The highest BCUT2D eigenvalue weighted by molar-refractivity contribution is 5.30. The van der Waals surface area contributed by atoms with Gasteiger partial charge in [-0.05, 0) is 44.1 Å². The van der Waals surface area contributed by atoms with Gasteiger partial charge in [0.25, 0.3) is 0 Å². The summed E-state index contributed by atoms with van der Waals surface area (Å²) in [7, 11) is 0. The van der Waals surface area contributed by atoms with Crippen LogP contribution in [0.3, 0.4) is 0 Å². The molecule has 2 aliphatic carbocycles. The molecule has 2 aliphatic rings. The van der Waals surface area contributed by atoms with Crippen molar-refractivity contribution in [3.63, 3.8) is 0 Å². The molecule has 0 aromatic carbocycles. The van der Waals surface area contributed by atoms with E-state index in [9.17, 15) is 0 Å². The maximum absolute atomic E-state index is 2.36. The Morgan fingerprint density at radius 1 is 1.00 bits per heavy atom. The SMILES string of the molecule is C1=CC2=C(CCC1)CCC2. The van der Waals surface area contributed by atoms with Crippen LogP contribution in [0.1, 0.15) is 38.5 Å². The molecule has 0 aromatic heterocycles. The van der Waals surface area contributed by atoms with E-state index in [1.165, 1.54) is 38.5 Å². The molecule has 0 amide bonds. The maximum atomic E-state index is 2.36. The fourth-order valence-electron chi connectivity index (χ4n) is 1.98. The zero-order valence-corrected chi connectivity index (χ0v) is 6.40. The number of hydrogen-bond donors (Lipinski definition) is 0. The first-order valence-corrected chi connectivity index (χ1v) is 4.34. The molecule has 54 valence electrons. The summed E-state index contributed by atoms with van der Waals surface area (Å²) in [6, 6.07) is 0. The molecule has 10 heavy (non-hydrogen) atoms. The topological polar surface area (TPSA) is 0 Å². The Balaban J connectivity index is 2.22. The van der Waals surface area contributed by atoms with Crippen molar-refractivity contribution in [1.29, 1.82) is 0 Å². The first-order valence-electron chi connectivity index (χ1n) is 4.34. The largest absolute Gasteiger partial charge is 0.0843 e. The smallest absolute Gasteiger partial charge is 0.0276 e. The van der Waals surface area contributed by atoms with E-state index in [0.29, 0.717) is 0 Å². The van der Waals surface area contributed by atoms with Crippen molar-refractivity contribution in [1.82, 2.24) is 0 Å². The van der Waals surface area contributed by atoms with Gasteiger partial charge < -0.3 is 0 Å². The molecule has 0 nitrogen and oxygen atoms in total. The van der Waals surface area contributed by atoms with Crippen molar-refractivity contribution in [2.45, 2.75) is 38.5 Å². The summed E-state index contributed by atoms with van der Waals surface area (Å²) in [5, 5.41) is 0. The molecule has 0 radical (unpaired) electrons. The lowest BCUT2D eigenvalue weighted by Crippen LogP contribution is -1.78. The van der Waals surface area contributed by atoms with Crippen molar-refractivity contribution in [2.75, 3.05) is 0 Å². The Kier molecular flexibility index (Phi) is 1.62. The van der Waals surface area contributed by atoms with Gasteiger partial charge in [-0.2, -0.15) is 0 Å². The average Bonchev–Trinajstić information content (AvgIpc) is 2.28. The van der Waals surface area contributed by atoms with E-state index >= 15 is 0 Å². The summed E-state index contributed by atoms with van der Waals surface area (Å²) < 4.78 is 0. The van der Waals surface area contributed by atoms with Gasteiger partial charge in [0.1, 0.15) is 0 Å². The first-order chi connectivity index (χ1) is 4.97. The van der Waals surface area contributed by atoms with Gasteiger partial charge in [-0.1, -0.05) is 17.7 Å². The summed E-state index contributed by atoms with van der Waals surface area (Å²) in [5.74, 6) is 0. The first kappa shape index (κ1) is 6.21. The van der Waals surface area contributed by atoms with E-state index in [1.807, 2.05) is 0 Å². The molecule has 0 heteroatoms. The molecule has 0 bridgehead atoms. The Morgan fingerprint density at radius 3 is 2.90 bits per heavy atom. The predicted octanol–water partition coefficient (Wildman–Crippen LogP) is 3.21. The van der Waals surface area contributed by atoms with Crippen molar-refractivity contribution >= 4 is 0 Å². The van der Waals surface area contributed by atoms with Crippen LogP contribution in [0.25, 0.3) is 0 Å². The fraction of sp³-hybridized carbons (Fsp3) is 0.600. The molecule has 2 rings (SSSR count). The summed E-state index contributed by atoms with van der Waals surface area (Å²) in [6.45, 7) is 0. The zero-order valence-electron chi connectivity index (χ0n) is 6.40. The second kappa shape index (κ2) is 2.61. The lowest BCUT2D eigenvalue weighted by molar-refractivity contribution is 0.792. The Hall–Kier alpha value is -0.520. The standard InChI is InChI=1S/C10H14/c1-2-5-9-7-4-8-10(9)6-3-1/h2,5H,1,3-4,6-8H2.